The van der Waals surface area contributed by atoms with Crippen molar-refractivity contribution in [3.8, 4) is 17.2 Å². The molecule has 0 radical (unpaired) electrons. The second-order valence-corrected chi connectivity index (χ2v) is 7.28. The van der Waals surface area contributed by atoms with Crippen LogP contribution in [0.15, 0.2) is 77.2 Å². The van der Waals surface area contributed by atoms with Crippen molar-refractivity contribution in [1.82, 2.24) is 4.98 Å². The Morgan fingerprint density at radius 3 is 2.47 bits per heavy atom. The number of hydrogen-bond acceptors (Lipinski definition) is 4. The Morgan fingerprint density at radius 1 is 1.03 bits per heavy atom. The molecule has 0 aliphatic rings. The number of ether oxygens (including phenoxy) is 1. The molecule has 1 atom stereocenters. The average molecular weight is 400 g/mol. The number of fused-ring (bicyclic) bond motifs is 1. The number of amides is 1. The van der Waals surface area contributed by atoms with E-state index >= 15 is 0 Å². The Labute approximate surface area is 175 Å². The van der Waals surface area contributed by atoms with Gasteiger partial charge in [0.2, 0.25) is 5.89 Å². The SMILES string of the molecule is CC[C@H](C)c1ccc(OCC(=O)Nc2ccc(-c3nc4ccccc4o3)cc2)cc1. The normalized spacial score (nSPS) is 11.9. The van der Waals surface area contributed by atoms with Crippen LogP contribution in [-0.4, -0.2) is 17.5 Å². The van der Waals surface area contributed by atoms with Crippen LogP contribution < -0.4 is 10.1 Å². The monoisotopic (exact) mass is 400 g/mol. The molecule has 1 aromatic heterocycles. The largest absolute Gasteiger partial charge is 0.484 e. The first-order valence-corrected chi connectivity index (χ1v) is 10.1. The minimum absolute atomic E-state index is 0.0461. The fourth-order valence-corrected chi connectivity index (χ4v) is 3.17. The van der Waals surface area contributed by atoms with Crippen LogP contribution in [0.5, 0.6) is 5.75 Å². The molecule has 5 heteroatoms. The van der Waals surface area contributed by atoms with Gasteiger partial charge in [0, 0.05) is 11.3 Å². The van der Waals surface area contributed by atoms with Gasteiger partial charge in [-0.25, -0.2) is 4.98 Å². The summed E-state index contributed by atoms with van der Waals surface area (Å²) in [4.78, 5) is 16.7. The standard InChI is InChI=1S/C25H24N2O3/c1-3-17(2)18-10-14-21(15-11-18)29-16-24(28)26-20-12-8-19(9-13-20)25-27-22-6-4-5-7-23(22)30-25/h4-15,17H,3,16H2,1-2H3,(H,26,28)/t17-/m0/s1. The molecule has 0 spiro atoms. The fourth-order valence-electron chi connectivity index (χ4n) is 3.17. The van der Waals surface area contributed by atoms with Gasteiger partial charge in [-0.2, -0.15) is 0 Å². The molecule has 4 rings (SSSR count). The quantitative estimate of drug-likeness (QED) is 0.412. The second-order valence-electron chi connectivity index (χ2n) is 7.28. The number of oxazole rings is 1. The molecule has 1 N–H and O–H groups in total. The molecule has 3 aromatic carbocycles. The number of rotatable bonds is 7. The van der Waals surface area contributed by atoms with Gasteiger partial charge in [-0.15, -0.1) is 0 Å². The van der Waals surface area contributed by atoms with Gasteiger partial charge in [0.1, 0.15) is 11.3 Å². The lowest BCUT2D eigenvalue weighted by Crippen LogP contribution is -2.20. The van der Waals surface area contributed by atoms with Crippen molar-refractivity contribution in [2.75, 3.05) is 11.9 Å². The molecule has 30 heavy (non-hydrogen) atoms. The highest BCUT2D eigenvalue weighted by Crippen LogP contribution is 2.25. The molecular weight excluding hydrogens is 376 g/mol. The smallest absolute Gasteiger partial charge is 0.262 e. The molecule has 152 valence electrons. The molecule has 0 unspecified atom stereocenters. The Hall–Kier alpha value is -3.60. The van der Waals surface area contributed by atoms with Gasteiger partial charge in [0.25, 0.3) is 5.91 Å². The number of carbonyl (C=O) groups excluding carboxylic acids is 1. The molecule has 0 aliphatic carbocycles. The second kappa shape index (κ2) is 8.82. The predicted molar refractivity (Wildman–Crippen MR) is 119 cm³/mol. The van der Waals surface area contributed by atoms with E-state index in [0.717, 1.165) is 23.1 Å². The van der Waals surface area contributed by atoms with Gasteiger partial charge < -0.3 is 14.5 Å². The first-order chi connectivity index (χ1) is 14.6. The number of anilines is 1. The number of hydrogen-bond donors (Lipinski definition) is 1. The maximum atomic E-state index is 12.2. The Balaban J connectivity index is 1.33. The van der Waals surface area contributed by atoms with Gasteiger partial charge in [-0.3, -0.25) is 4.79 Å². The summed E-state index contributed by atoms with van der Waals surface area (Å²) >= 11 is 0. The predicted octanol–water partition coefficient (Wildman–Crippen LogP) is 6.03. The lowest BCUT2D eigenvalue weighted by Gasteiger charge is -2.11. The average Bonchev–Trinajstić information content (AvgIpc) is 3.22. The summed E-state index contributed by atoms with van der Waals surface area (Å²) in [5.41, 5.74) is 4.38. The molecule has 0 bridgehead atoms. The zero-order valence-corrected chi connectivity index (χ0v) is 17.1. The molecule has 1 amide bonds. The number of para-hydroxylation sites is 2. The van der Waals surface area contributed by atoms with Crippen molar-refractivity contribution in [2.24, 2.45) is 0 Å². The van der Waals surface area contributed by atoms with Crippen LogP contribution >= 0.6 is 0 Å². The van der Waals surface area contributed by atoms with E-state index < -0.39 is 0 Å². The third kappa shape index (κ3) is 4.51. The minimum atomic E-state index is -0.212. The number of nitrogens with zero attached hydrogens (tertiary/aromatic N) is 1. The molecule has 0 saturated carbocycles. The lowest BCUT2D eigenvalue weighted by atomic mass is 9.99. The van der Waals surface area contributed by atoms with E-state index in [1.54, 1.807) is 0 Å². The van der Waals surface area contributed by atoms with Gasteiger partial charge in [-0.1, -0.05) is 38.1 Å². The Morgan fingerprint density at radius 2 is 1.77 bits per heavy atom. The Kier molecular flexibility index (Phi) is 5.80. The fraction of sp³-hybridized carbons (Fsp3) is 0.200. The molecule has 5 nitrogen and oxygen atoms in total. The van der Waals surface area contributed by atoms with E-state index in [1.807, 2.05) is 72.8 Å². The summed E-state index contributed by atoms with van der Waals surface area (Å²) in [6, 6.07) is 22.9. The van der Waals surface area contributed by atoms with Crippen LogP contribution in [0.4, 0.5) is 5.69 Å². The molecule has 0 aliphatic heterocycles. The summed E-state index contributed by atoms with van der Waals surface area (Å²) in [7, 11) is 0. The molecular formula is C25H24N2O3. The van der Waals surface area contributed by atoms with Crippen molar-refractivity contribution in [1.29, 1.82) is 0 Å². The first-order valence-electron chi connectivity index (χ1n) is 10.1. The summed E-state index contributed by atoms with van der Waals surface area (Å²) in [5, 5.41) is 2.84. The third-order valence-electron chi connectivity index (χ3n) is 5.14. The number of nitrogens with one attached hydrogen (secondary N) is 1. The van der Waals surface area contributed by atoms with Crippen molar-refractivity contribution in [2.45, 2.75) is 26.2 Å². The van der Waals surface area contributed by atoms with Crippen LogP contribution in [0.1, 0.15) is 31.7 Å². The van der Waals surface area contributed by atoms with Crippen LogP contribution in [-0.2, 0) is 4.79 Å². The van der Waals surface area contributed by atoms with E-state index in [-0.39, 0.29) is 12.5 Å². The number of benzene rings is 3. The van der Waals surface area contributed by atoms with Gasteiger partial charge in [0.15, 0.2) is 12.2 Å². The third-order valence-corrected chi connectivity index (χ3v) is 5.14. The zero-order valence-electron chi connectivity index (χ0n) is 17.1. The van der Waals surface area contributed by atoms with Crippen molar-refractivity contribution in [3.05, 3.63) is 78.4 Å². The van der Waals surface area contributed by atoms with Crippen molar-refractivity contribution < 1.29 is 13.9 Å². The minimum Gasteiger partial charge on any atom is -0.484 e. The highest BCUT2D eigenvalue weighted by atomic mass is 16.5. The maximum Gasteiger partial charge on any atom is 0.262 e. The summed E-state index contributed by atoms with van der Waals surface area (Å²) < 4.78 is 11.4. The van der Waals surface area contributed by atoms with E-state index in [1.165, 1.54) is 5.56 Å². The highest BCUT2D eigenvalue weighted by Gasteiger charge is 2.09. The van der Waals surface area contributed by atoms with Crippen molar-refractivity contribution >= 4 is 22.7 Å². The molecule has 4 aromatic rings. The van der Waals surface area contributed by atoms with E-state index in [2.05, 4.69) is 24.1 Å². The van der Waals surface area contributed by atoms with Gasteiger partial charge >= 0.3 is 0 Å². The maximum absolute atomic E-state index is 12.2. The van der Waals surface area contributed by atoms with Crippen molar-refractivity contribution in [3.63, 3.8) is 0 Å². The first kappa shape index (κ1) is 19.7. The molecule has 0 saturated heterocycles. The van der Waals surface area contributed by atoms with E-state index in [0.29, 0.717) is 23.2 Å². The summed E-state index contributed by atoms with van der Waals surface area (Å²) in [6.07, 6.45) is 1.09. The van der Waals surface area contributed by atoms with Gasteiger partial charge in [-0.05, 0) is 66.4 Å². The topological polar surface area (TPSA) is 64.4 Å². The molecule has 0 fully saturated rings. The highest BCUT2D eigenvalue weighted by molar-refractivity contribution is 5.92. The number of aromatic nitrogens is 1. The van der Waals surface area contributed by atoms with E-state index in [9.17, 15) is 4.79 Å². The zero-order chi connectivity index (χ0) is 20.9. The summed E-state index contributed by atoms with van der Waals surface area (Å²) in [5.74, 6) is 1.54. The van der Waals surface area contributed by atoms with Gasteiger partial charge in [0.05, 0.1) is 0 Å². The number of carbonyl (C=O) groups is 1. The summed E-state index contributed by atoms with van der Waals surface area (Å²) in [6.45, 7) is 4.31. The molecule has 1 heterocycles. The lowest BCUT2D eigenvalue weighted by molar-refractivity contribution is -0.118. The Bertz CT molecular complexity index is 1100. The van der Waals surface area contributed by atoms with E-state index in [4.69, 9.17) is 9.15 Å². The van der Waals surface area contributed by atoms with Crippen LogP contribution in [0.2, 0.25) is 0 Å². The van der Waals surface area contributed by atoms with Crippen LogP contribution in [0.3, 0.4) is 0 Å². The van der Waals surface area contributed by atoms with Crippen LogP contribution in [0.25, 0.3) is 22.6 Å². The van der Waals surface area contributed by atoms with Crippen LogP contribution in [0, 0.1) is 0 Å².